The molecule has 0 aliphatic heterocycles. The van der Waals surface area contributed by atoms with Gasteiger partial charge in [-0.25, -0.2) is 4.79 Å². The number of hydrogen-bond donors (Lipinski definition) is 2. The molecule has 0 aliphatic carbocycles. The van der Waals surface area contributed by atoms with E-state index in [4.69, 9.17) is 4.74 Å². The van der Waals surface area contributed by atoms with Crippen molar-refractivity contribution in [1.82, 2.24) is 5.32 Å². The van der Waals surface area contributed by atoms with Crippen molar-refractivity contribution in [3.8, 4) is 0 Å². The number of nitrogens with one attached hydrogen (secondary N) is 2. The average molecular weight is 326 g/mol. The summed E-state index contributed by atoms with van der Waals surface area (Å²) in [6.07, 6.45) is 1.15. The van der Waals surface area contributed by atoms with Gasteiger partial charge in [0.2, 0.25) is 5.91 Å². The Kier molecular flexibility index (Phi) is 6.55. The zero-order valence-corrected chi connectivity index (χ0v) is 14.1. The van der Waals surface area contributed by atoms with E-state index in [0.717, 1.165) is 0 Å². The van der Waals surface area contributed by atoms with E-state index in [1.807, 2.05) is 0 Å². The lowest BCUT2D eigenvalue weighted by Gasteiger charge is -2.19. The fourth-order valence-corrected chi connectivity index (χ4v) is 2.13. The minimum absolute atomic E-state index is 0.124. The summed E-state index contributed by atoms with van der Waals surface area (Å²) in [5, 5.41) is 5.21. The molecule has 0 heterocycles. The highest BCUT2D eigenvalue weighted by molar-refractivity contribution is 7.84. The van der Waals surface area contributed by atoms with E-state index in [-0.39, 0.29) is 18.9 Å². The van der Waals surface area contributed by atoms with Crippen LogP contribution in [0.3, 0.4) is 0 Å². The maximum absolute atomic E-state index is 11.8. The lowest BCUT2D eigenvalue weighted by Crippen LogP contribution is -2.34. The van der Waals surface area contributed by atoms with Gasteiger partial charge in [-0.1, -0.05) is 6.07 Å². The summed E-state index contributed by atoms with van der Waals surface area (Å²) in [5.74, 6) is -0.241. The number of carbonyl (C=O) groups excluding carboxylic acids is 2. The van der Waals surface area contributed by atoms with Gasteiger partial charge in [-0.2, -0.15) is 0 Å². The predicted molar refractivity (Wildman–Crippen MR) is 86.3 cm³/mol. The number of alkyl carbamates (subject to hydrolysis) is 1. The van der Waals surface area contributed by atoms with Gasteiger partial charge in [-0.15, -0.1) is 0 Å². The molecule has 6 nitrogen and oxygen atoms in total. The second kappa shape index (κ2) is 7.93. The van der Waals surface area contributed by atoms with Gasteiger partial charge in [-0.05, 0) is 39.0 Å². The Hall–Kier alpha value is -1.89. The number of rotatable bonds is 5. The third-order valence-electron chi connectivity index (χ3n) is 2.47. The molecule has 0 bridgehead atoms. The molecular formula is C15H22N2O4S. The van der Waals surface area contributed by atoms with Gasteiger partial charge >= 0.3 is 6.09 Å². The van der Waals surface area contributed by atoms with Crippen LogP contribution in [0.15, 0.2) is 29.2 Å². The highest BCUT2D eigenvalue weighted by Gasteiger charge is 2.15. The molecule has 7 heteroatoms. The first-order chi connectivity index (χ1) is 10.2. The third-order valence-corrected chi connectivity index (χ3v) is 3.39. The molecule has 2 N–H and O–H groups in total. The van der Waals surface area contributed by atoms with Gasteiger partial charge in [0.1, 0.15) is 5.60 Å². The number of hydrogen-bond acceptors (Lipinski definition) is 4. The molecular weight excluding hydrogens is 304 g/mol. The molecule has 0 aliphatic rings. The van der Waals surface area contributed by atoms with E-state index in [1.165, 1.54) is 0 Å². The van der Waals surface area contributed by atoms with E-state index < -0.39 is 22.5 Å². The maximum Gasteiger partial charge on any atom is 0.407 e. The Morgan fingerprint density at radius 1 is 1.27 bits per heavy atom. The Bertz CT molecular complexity index is 567. The molecule has 0 fully saturated rings. The van der Waals surface area contributed by atoms with Gasteiger partial charge in [0.05, 0.1) is 0 Å². The number of ether oxygens (including phenoxy) is 1. The van der Waals surface area contributed by atoms with Gasteiger partial charge in [0.25, 0.3) is 0 Å². The normalized spacial score (nSPS) is 12.4. The molecule has 122 valence electrons. The fourth-order valence-electron chi connectivity index (χ4n) is 1.57. The summed E-state index contributed by atoms with van der Waals surface area (Å²) in [7, 11) is -1.10. The van der Waals surface area contributed by atoms with Crippen molar-refractivity contribution in [3.63, 3.8) is 0 Å². The van der Waals surface area contributed by atoms with Crippen LogP contribution in [0, 0.1) is 0 Å². The first-order valence-electron chi connectivity index (χ1n) is 6.87. The number of anilines is 1. The molecule has 1 aromatic carbocycles. The second-order valence-corrected chi connectivity index (χ2v) is 7.09. The lowest BCUT2D eigenvalue weighted by molar-refractivity contribution is -0.116. The molecule has 0 spiro atoms. The molecule has 1 rings (SSSR count). The average Bonchev–Trinajstić information content (AvgIpc) is 2.36. The topological polar surface area (TPSA) is 84.5 Å². The molecule has 1 aromatic rings. The first kappa shape index (κ1) is 18.2. The minimum Gasteiger partial charge on any atom is -0.444 e. The summed E-state index contributed by atoms with van der Waals surface area (Å²) in [5.41, 5.74) is 0.0118. The van der Waals surface area contributed by atoms with Gasteiger partial charge in [0.15, 0.2) is 0 Å². The van der Waals surface area contributed by atoms with E-state index in [0.29, 0.717) is 10.6 Å². The molecule has 1 atom stereocenters. The Labute approximate surface area is 133 Å². The van der Waals surface area contributed by atoms with Crippen LogP contribution in [0.5, 0.6) is 0 Å². The molecule has 1 unspecified atom stereocenters. The lowest BCUT2D eigenvalue weighted by atomic mass is 10.2. The highest BCUT2D eigenvalue weighted by atomic mass is 32.2. The summed E-state index contributed by atoms with van der Waals surface area (Å²) < 4.78 is 16.4. The monoisotopic (exact) mass is 326 g/mol. The minimum atomic E-state index is -1.10. The van der Waals surface area contributed by atoms with Crippen LogP contribution in [0.2, 0.25) is 0 Å². The van der Waals surface area contributed by atoms with Crippen molar-refractivity contribution in [2.24, 2.45) is 0 Å². The Balaban J connectivity index is 2.39. The molecule has 0 saturated heterocycles. The van der Waals surface area contributed by atoms with Crippen LogP contribution in [-0.4, -0.2) is 34.6 Å². The van der Waals surface area contributed by atoms with Crippen LogP contribution in [-0.2, 0) is 20.3 Å². The third kappa shape index (κ3) is 7.21. The predicted octanol–water partition coefficient (Wildman–Crippen LogP) is 2.28. The molecule has 0 saturated carbocycles. The largest absolute Gasteiger partial charge is 0.444 e. The summed E-state index contributed by atoms with van der Waals surface area (Å²) >= 11 is 0. The van der Waals surface area contributed by atoms with Crippen molar-refractivity contribution in [2.45, 2.75) is 37.7 Å². The van der Waals surface area contributed by atoms with Crippen LogP contribution >= 0.6 is 0 Å². The van der Waals surface area contributed by atoms with Gasteiger partial charge in [-0.3, -0.25) is 9.00 Å². The van der Waals surface area contributed by atoms with Crippen LogP contribution in [0.25, 0.3) is 0 Å². The van der Waals surface area contributed by atoms with E-state index >= 15 is 0 Å². The maximum atomic E-state index is 11.8. The van der Waals surface area contributed by atoms with Crippen molar-refractivity contribution >= 4 is 28.5 Å². The molecule has 0 aromatic heterocycles. The van der Waals surface area contributed by atoms with Crippen molar-refractivity contribution in [2.75, 3.05) is 18.1 Å². The molecule has 2 amide bonds. The van der Waals surface area contributed by atoms with Crippen molar-refractivity contribution in [3.05, 3.63) is 24.3 Å². The van der Waals surface area contributed by atoms with E-state index in [2.05, 4.69) is 10.6 Å². The fraction of sp³-hybridized carbons (Fsp3) is 0.467. The molecule has 22 heavy (non-hydrogen) atoms. The summed E-state index contributed by atoms with van der Waals surface area (Å²) in [6.45, 7) is 5.48. The van der Waals surface area contributed by atoms with Gasteiger partial charge < -0.3 is 15.4 Å². The van der Waals surface area contributed by atoms with Crippen molar-refractivity contribution < 1.29 is 18.5 Å². The van der Waals surface area contributed by atoms with E-state index in [9.17, 15) is 13.8 Å². The standard InChI is InChI=1S/C15H22N2O4S/c1-15(2,3)21-14(19)16-9-8-13(18)17-11-6-5-7-12(10-11)22(4)20/h5-7,10H,8-9H2,1-4H3,(H,16,19)(H,17,18). The number of benzene rings is 1. The molecule has 0 radical (unpaired) electrons. The SMILES string of the molecule is CS(=O)c1cccc(NC(=O)CCNC(=O)OC(C)(C)C)c1. The number of carbonyl (C=O) groups is 2. The van der Waals surface area contributed by atoms with E-state index in [1.54, 1.807) is 51.3 Å². The summed E-state index contributed by atoms with van der Waals surface area (Å²) in [6, 6.07) is 6.84. The zero-order chi connectivity index (χ0) is 16.8. The Morgan fingerprint density at radius 2 is 1.95 bits per heavy atom. The van der Waals surface area contributed by atoms with Crippen molar-refractivity contribution in [1.29, 1.82) is 0 Å². The zero-order valence-electron chi connectivity index (χ0n) is 13.3. The van der Waals surface area contributed by atoms with Crippen LogP contribution < -0.4 is 10.6 Å². The summed E-state index contributed by atoms with van der Waals surface area (Å²) in [4.78, 5) is 23.8. The smallest absolute Gasteiger partial charge is 0.407 e. The van der Waals surface area contributed by atoms with Crippen LogP contribution in [0.1, 0.15) is 27.2 Å². The highest BCUT2D eigenvalue weighted by Crippen LogP contribution is 2.13. The van der Waals surface area contributed by atoms with Gasteiger partial charge in [0, 0.05) is 40.6 Å². The second-order valence-electron chi connectivity index (χ2n) is 5.71. The van der Waals surface area contributed by atoms with Crippen LogP contribution in [0.4, 0.5) is 10.5 Å². The Morgan fingerprint density at radius 3 is 2.55 bits per heavy atom. The number of amides is 2. The first-order valence-corrected chi connectivity index (χ1v) is 8.43. The quantitative estimate of drug-likeness (QED) is 0.869.